The number of sulfonamides is 1. The van der Waals surface area contributed by atoms with E-state index in [0.29, 0.717) is 24.6 Å². The minimum atomic E-state index is -4.73. The van der Waals surface area contributed by atoms with Gasteiger partial charge in [0.1, 0.15) is 0 Å². The molecule has 0 spiro atoms. The number of nitrogens with one attached hydrogen (secondary N) is 3. The summed E-state index contributed by atoms with van der Waals surface area (Å²) in [6.45, 7) is 7.01. The Hall–Kier alpha value is -2.63. The lowest BCUT2D eigenvalue weighted by molar-refractivity contribution is -0.137. The normalized spacial score (nSPS) is 16.4. The van der Waals surface area contributed by atoms with E-state index in [1.165, 1.54) is 18.2 Å². The number of aryl methyl sites for hydroxylation is 1. The van der Waals surface area contributed by atoms with Crippen LogP contribution in [0.25, 0.3) is 0 Å². The van der Waals surface area contributed by atoms with E-state index in [4.69, 9.17) is 23.2 Å². The van der Waals surface area contributed by atoms with Crippen molar-refractivity contribution in [2.24, 2.45) is 0 Å². The van der Waals surface area contributed by atoms with E-state index in [0.717, 1.165) is 47.7 Å². The van der Waals surface area contributed by atoms with Gasteiger partial charge in [-0.25, -0.2) is 13.1 Å². The Balaban J connectivity index is 1.56. The van der Waals surface area contributed by atoms with Crippen molar-refractivity contribution in [3.05, 3.63) is 98.5 Å². The van der Waals surface area contributed by atoms with Crippen LogP contribution in [0.15, 0.2) is 65.6 Å². The van der Waals surface area contributed by atoms with Gasteiger partial charge < -0.3 is 10.6 Å². The number of halogens is 5. The van der Waals surface area contributed by atoms with Crippen molar-refractivity contribution in [3.63, 3.8) is 0 Å². The van der Waals surface area contributed by atoms with Crippen LogP contribution in [0.3, 0.4) is 0 Å². The van der Waals surface area contributed by atoms with Gasteiger partial charge in [0.15, 0.2) is 0 Å². The molecule has 0 aromatic heterocycles. The molecule has 1 amide bonds. The molecule has 6 nitrogen and oxygen atoms in total. The second-order valence-corrected chi connectivity index (χ2v) is 14.3. The van der Waals surface area contributed by atoms with E-state index in [1.807, 2.05) is 12.1 Å². The third-order valence-electron chi connectivity index (χ3n) is 7.13. The highest BCUT2D eigenvalue weighted by Gasteiger charge is 2.33. The molecule has 3 aromatic rings. The van der Waals surface area contributed by atoms with Crippen molar-refractivity contribution in [2.75, 3.05) is 0 Å². The van der Waals surface area contributed by atoms with Gasteiger partial charge in [-0.1, -0.05) is 47.5 Å². The molecule has 2 atom stereocenters. The summed E-state index contributed by atoms with van der Waals surface area (Å²) in [4.78, 5) is 12.8. The zero-order valence-electron chi connectivity index (χ0n) is 24.0. The Bertz CT molecular complexity index is 1570. The van der Waals surface area contributed by atoms with Gasteiger partial charge >= 0.3 is 6.18 Å². The molecule has 0 saturated carbocycles. The number of hydrogen-bond acceptors (Lipinski definition) is 4. The summed E-state index contributed by atoms with van der Waals surface area (Å²) >= 11 is 12.3. The van der Waals surface area contributed by atoms with Crippen LogP contribution in [0.5, 0.6) is 0 Å². The Morgan fingerprint density at radius 2 is 1.70 bits per heavy atom. The van der Waals surface area contributed by atoms with Gasteiger partial charge in [-0.3, -0.25) is 4.79 Å². The van der Waals surface area contributed by atoms with Gasteiger partial charge in [0.05, 0.1) is 22.5 Å². The second kappa shape index (κ2) is 13.2. The summed E-state index contributed by atoms with van der Waals surface area (Å²) in [5.41, 5.74) is 2.45. The summed E-state index contributed by atoms with van der Waals surface area (Å²) < 4.78 is 68.8. The molecule has 1 aliphatic carbocycles. The first-order valence-corrected chi connectivity index (χ1v) is 16.1. The Labute approximate surface area is 260 Å². The third-order valence-corrected chi connectivity index (χ3v) is 9.03. The van der Waals surface area contributed by atoms with Crippen LogP contribution in [-0.4, -0.2) is 19.9 Å². The fourth-order valence-corrected chi connectivity index (χ4v) is 6.85. The monoisotopic (exact) mass is 655 g/mol. The molecule has 0 bridgehead atoms. The average Bonchev–Trinajstić information content (AvgIpc) is 2.90. The highest BCUT2D eigenvalue weighted by atomic mass is 35.5. The van der Waals surface area contributed by atoms with Crippen molar-refractivity contribution < 1.29 is 26.4 Å². The van der Waals surface area contributed by atoms with E-state index < -0.39 is 38.6 Å². The first-order chi connectivity index (χ1) is 20.0. The fourth-order valence-electron chi connectivity index (χ4n) is 5.03. The zero-order valence-corrected chi connectivity index (χ0v) is 26.3. The predicted octanol–water partition coefficient (Wildman–Crippen LogP) is 7.50. The van der Waals surface area contributed by atoms with Crippen molar-refractivity contribution in [3.8, 4) is 0 Å². The molecule has 0 radical (unpaired) electrons. The SMILES string of the molecule is CC(C)(C)NCc1ccc2c(c1)CCCC2NC(=O)CC(NS(=O)(=O)c1cccc(C(F)(F)F)c1)c1cc(Cl)cc(Cl)c1. The molecule has 3 aromatic carbocycles. The maximum atomic E-state index is 13.4. The number of carbonyl (C=O) groups excluding carboxylic acids is 1. The molecule has 0 aliphatic heterocycles. The van der Waals surface area contributed by atoms with E-state index in [1.54, 1.807) is 0 Å². The maximum absolute atomic E-state index is 13.4. The van der Waals surface area contributed by atoms with Gasteiger partial charge in [0.2, 0.25) is 15.9 Å². The van der Waals surface area contributed by atoms with Crippen molar-refractivity contribution in [1.82, 2.24) is 15.4 Å². The Morgan fingerprint density at radius 3 is 2.35 bits per heavy atom. The number of benzene rings is 3. The van der Waals surface area contributed by atoms with Gasteiger partial charge in [0.25, 0.3) is 0 Å². The number of carbonyl (C=O) groups is 1. The molecular weight excluding hydrogens is 622 g/mol. The standard InChI is InChI=1S/C31H34Cl2F3N3O3S/c1-30(2,3)37-18-19-10-11-26-20(12-19)6-4-9-27(26)38-29(40)17-28(21-13-23(32)16-24(33)14-21)39-43(41,42)25-8-5-7-22(15-25)31(34,35)36/h5,7-8,10-16,27-28,37,39H,4,6,9,17-18H2,1-3H3,(H,38,40). The van der Waals surface area contributed by atoms with Crippen LogP contribution in [0, 0.1) is 0 Å². The number of fused-ring (bicyclic) bond motifs is 1. The van der Waals surface area contributed by atoms with Gasteiger partial charge in [-0.05, 0) is 98.7 Å². The topological polar surface area (TPSA) is 87.3 Å². The largest absolute Gasteiger partial charge is 0.416 e. The molecule has 2 unspecified atom stereocenters. The summed E-state index contributed by atoms with van der Waals surface area (Å²) in [5.74, 6) is -0.441. The molecule has 0 heterocycles. The minimum Gasteiger partial charge on any atom is -0.349 e. The molecule has 232 valence electrons. The van der Waals surface area contributed by atoms with Crippen LogP contribution in [0.1, 0.15) is 79.9 Å². The van der Waals surface area contributed by atoms with Crippen LogP contribution in [-0.2, 0) is 34.0 Å². The quantitative estimate of drug-likeness (QED) is 0.223. The van der Waals surface area contributed by atoms with E-state index >= 15 is 0 Å². The molecule has 43 heavy (non-hydrogen) atoms. The van der Waals surface area contributed by atoms with Gasteiger partial charge in [0, 0.05) is 28.5 Å². The Kier molecular flexibility index (Phi) is 10.2. The molecular formula is C31H34Cl2F3N3O3S. The Morgan fingerprint density at radius 1 is 1.00 bits per heavy atom. The van der Waals surface area contributed by atoms with E-state index in [-0.39, 0.29) is 28.0 Å². The second-order valence-electron chi connectivity index (χ2n) is 11.8. The molecule has 0 fully saturated rings. The van der Waals surface area contributed by atoms with Crippen LogP contribution in [0.4, 0.5) is 13.2 Å². The lowest BCUT2D eigenvalue weighted by Crippen LogP contribution is -2.36. The first-order valence-electron chi connectivity index (χ1n) is 13.8. The van der Waals surface area contributed by atoms with Crippen molar-refractivity contribution in [1.29, 1.82) is 0 Å². The number of hydrogen-bond donors (Lipinski definition) is 3. The fraction of sp³-hybridized carbons (Fsp3) is 0.387. The number of alkyl halides is 3. The molecule has 1 aliphatic rings. The molecule has 0 saturated heterocycles. The number of amides is 1. The minimum absolute atomic E-state index is 0.0290. The van der Waals surface area contributed by atoms with Gasteiger partial charge in [-0.15, -0.1) is 0 Å². The zero-order chi connectivity index (χ0) is 31.6. The first kappa shape index (κ1) is 33.3. The lowest BCUT2D eigenvalue weighted by atomic mass is 9.86. The highest BCUT2D eigenvalue weighted by Crippen LogP contribution is 2.33. The van der Waals surface area contributed by atoms with Crippen molar-refractivity contribution in [2.45, 2.75) is 81.7 Å². The van der Waals surface area contributed by atoms with E-state index in [2.05, 4.69) is 42.2 Å². The lowest BCUT2D eigenvalue weighted by Gasteiger charge is -2.28. The molecule has 4 rings (SSSR count). The van der Waals surface area contributed by atoms with Crippen LogP contribution in [0.2, 0.25) is 10.0 Å². The summed E-state index contributed by atoms with van der Waals surface area (Å²) in [7, 11) is -4.49. The van der Waals surface area contributed by atoms with E-state index in [9.17, 15) is 26.4 Å². The van der Waals surface area contributed by atoms with Crippen molar-refractivity contribution >= 4 is 39.1 Å². The maximum Gasteiger partial charge on any atom is 0.416 e. The van der Waals surface area contributed by atoms with Gasteiger partial charge in [-0.2, -0.15) is 13.2 Å². The summed E-state index contributed by atoms with van der Waals surface area (Å²) in [5, 5.41) is 6.93. The summed E-state index contributed by atoms with van der Waals surface area (Å²) in [6.07, 6.45) is -2.61. The molecule has 3 N–H and O–H groups in total. The highest BCUT2D eigenvalue weighted by molar-refractivity contribution is 7.89. The summed E-state index contributed by atoms with van der Waals surface area (Å²) in [6, 6.07) is 12.5. The number of rotatable bonds is 9. The third kappa shape index (κ3) is 9.18. The average molecular weight is 657 g/mol. The molecule has 12 heteroatoms. The van der Waals surface area contributed by atoms with Crippen LogP contribution < -0.4 is 15.4 Å². The smallest absolute Gasteiger partial charge is 0.349 e. The van der Waals surface area contributed by atoms with Crippen LogP contribution >= 0.6 is 23.2 Å². The predicted molar refractivity (Wildman–Crippen MR) is 162 cm³/mol.